The Kier molecular flexibility index (Phi) is 3.26. The number of piperidine rings is 1. The molecule has 2 aromatic heterocycles. The third-order valence-electron chi connectivity index (χ3n) is 2.82. The average Bonchev–Trinajstić information content (AvgIpc) is 2.80. The van der Waals surface area contributed by atoms with Crippen molar-refractivity contribution in [3.63, 3.8) is 0 Å². The molecule has 17 heavy (non-hydrogen) atoms. The summed E-state index contributed by atoms with van der Waals surface area (Å²) in [6.07, 6.45) is 5.89. The van der Waals surface area contributed by atoms with Gasteiger partial charge in [-0.1, -0.05) is 11.3 Å². The molecule has 0 atom stereocenters. The van der Waals surface area contributed by atoms with Crippen LogP contribution in [0, 0.1) is 0 Å². The van der Waals surface area contributed by atoms with Crippen LogP contribution >= 0.6 is 11.3 Å². The SMILES string of the molecule is c1cnc2sc(COC3CCNCC3)nc2n1. The summed E-state index contributed by atoms with van der Waals surface area (Å²) in [7, 11) is 0. The molecule has 0 bridgehead atoms. The number of rotatable bonds is 3. The number of aromatic nitrogens is 3. The Bertz CT molecular complexity index is 462. The lowest BCUT2D eigenvalue weighted by Crippen LogP contribution is -2.32. The Labute approximate surface area is 103 Å². The standard InChI is InChI=1S/C11H14N4OS/c1-3-12-4-2-8(1)16-7-9-15-10-11(17-9)14-6-5-13-10/h5-6,8,12H,1-4,7H2. The summed E-state index contributed by atoms with van der Waals surface area (Å²) in [5.74, 6) is 0. The minimum absolute atomic E-state index is 0.365. The first-order chi connectivity index (χ1) is 8.42. The van der Waals surface area contributed by atoms with Gasteiger partial charge in [0.15, 0.2) is 10.5 Å². The van der Waals surface area contributed by atoms with Gasteiger partial charge in [-0.05, 0) is 25.9 Å². The molecule has 0 amide bonds. The first kappa shape index (κ1) is 11.0. The average molecular weight is 250 g/mol. The van der Waals surface area contributed by atoms with Crippen LogP contribution in [-0.2, 0) is 11.3 Å². The summed E-state index contributed by atoms with van der Waals surface area (Å²) < 4.78 is 5.85. The molecule has 0 aromatic carbocycles. The molecule has 1 aliphatic heterocycles. The zero-order valence-electron chi connectivity index (χ0n) is 9.43. The lowest BCUT2D eigenvalue weighted by molar-refractivity contribution is 0.0212. The van der Waals surface area contributed by atoms with Crippen LogP contribution in [0.25, 0.3) is 10.5 Å². The topological polar surface area (TPSA) is 59.9 Å². The smallest absolute Gasteiger partial charge is 0.189 e. The highest BCUT2D eigenvalue weighted by atomic mass is 32.1. The molecule has 1 aliphatic rings. The Morgan fingerprint density at radius 1 is 1.29 bits per heavy atom. The van der Waals surface area contributed by atoms with Gasteiger partial charge in [0, 0.05) is 12.4 Å². The van der Waals surface area contributed by atoms with E-state index in [1.54, 1.807) is 23.7 Å². The maximum atomic E-state index is 5.85. The molecule has 1 saturated heterocycles. The zero-order chi connectivity index (χ0) is 11.5. The van der Waals surface area contributed by atoms with E-state index in [4.69, 9.17) is 4.74 Å². The first-order valence-corrected chi connectivity index (χ1v) is 6.62. The quantitative estimate of drug-likeness (QED) is 0.891. The molecule has 90 valence electrons. The largest absolute Gasteiger partial charge is 0.371 e. The van der Waals surface area contributed by atoms with Crippen LogP contribution in [0.5, 0.6) is 0 Å². The summed E-state index contributed by atoms with van der Waals surface area (Å²) in [5, 5.41) is 4.28. The van der Waals surface area contributed by atoms with E-state index < -0.39 is 0 Å². The van der Waals surface area contributed by atoms with E-state index in [1.807, 2.05) is 0 Å². The minimum Gasteiger partial charge on any atom is -0.371 e. The molecule has 0 spiro atoms. The number of thiazole rings is 1. The predicted octanol–water partition coefficient (Wildman–Crippen LogP) is 1.35. The van der Waals surface area contributed by atoms with Crippen molar-refractivity contribution >= 4 is 21.8 Å². The highest BCUT2D eigenvalue weighted by Crippen LogP contribution is 2.19. The molecular formula is C11H14N4OS. The van der Waals surface area contributed by atoms with E-state index >= 15 is 0 Å². The van der Waals surface area contributed by atoms with Crippen LogP contribution in [0.2, 0.25) is 0 Å². The lowest BCUT2D eigenvalue weighted by Gasteiger charge is -2.22. The number of nitrogens with zero attached hydrogens (tertiary/aromatic N) is 3. The zero-order valence-corrected chi connectivity index (χ0v) is 10.2. The molecule has 1 N–H and O–H groups in total. The maximum Gasteiger partial charge on any atom is 0.189 e. The predicted molar refractivity (Wildman–Crippen MR) is 65.9 cm³/mol. The van der Waals surface area contributed by atoms with Crippen LogP contribution in [0.1, 0.15) is 17.8 Å². The van der Waals surface area contributed by atoms with Crippen molar-refractivity contribution in [3.05, 3.63) is 17.4 Å². The number of ether oxygens (including phenoxy) is 1. The lowest BCUT2D eigenvalue weighted by atomic mass is 10.1. The van der Waals surface area contributed by atoms with Crippen LogP contribution in [-0.4, -0.2) is 34.1 Å². The second kappa shape index (κ2) is 5.03. The van der Waals surface area contributed by atoms with Crippen molar-refractivity contribution in [3.8, 4) is 0 Å². The summed E-state index contributed by atoms with van der Waals surface area (Å²) in [4.78, 5) is 13.7. The van der Waals surface area contributed by atoms with Gasteiger partial charge in [-0.25, -0.2) is 15.0 Å². The Balaban J connectivity index is 1.64. The Morgan fingerprint density at radius 2 is 2.12 bits per heavy atom. The van der Waals surface area contributed by atoms with Gasteiger partial charge in [-0.15, -0.1) is 0 Å². The van der Waals surface area contributed by atoms with Gasteiger partial charge in [0.2, 0.25) is 0 Å². The van der Waals surface area contributed by atoms with Crippen LogP contribution in [0.3, 0.4) is 0 Å². The Hall–Kier alpha value is -1.11. The highest BCUT2D eigenvalue weighted by molar-refractivity contribution is 7.18. The molecule has 0 radical (unpaired) electrons. The number of fused-ring (bicyclic) bond motifs is 1. The monoisotopic (exact) mass is 250 g/mol. The van der Waals surface area contributed by atoms with Crippen LogP contribution in [0.4, 0.5) is 0 Å². The summed E-state index contributed by atoms with van der Waals surface area (Å²) >= 11 is 1.56. The fourth-order valence-electron chi connectivity index (χ4n) is 1.93. The van der Waals surface area contributed by atoms with E-state index in [2.05, 4.69) is 20.3 Å². The fraction of sp³-hybridized carbons (Fsp3) is 0.545. The normalized spacial score (nSPS) is 17.6. The summed E-state index contributed by atoms with van der Waals surface area (Å²) in [6, 6.07) is 0. The molecular weight excluding hydrogens is 236 g/mol. The molecule has 1 fully saturated rings. The molecule has 3 rings (SSSR count). The van der Waals surface area contributed by atoms with Crippen LogP contribution < -0.4 is 5.32 Å². The third-order valence-corrected chi connectivity index (χ3v) is 3.75. The van der Waals surface area contributed by atoms with Gasteiger partial charge >= 0.3 is 0 Å². The maximum absolute atomic E-state index is 5.85. The summed E-state index contributed by atoms with van der Waals surface area (Å²) in [6.45, 7) is 2.68. The number of nitrogens with one attached hydrogen (secondary N) is 1. The number of hydrogen-bond donors (Lipinski definition) is 1. The second-order valence-corrected chi connectivity index (χ2v) is 5.12. The van der Waals surface area contributed by atoms with Crippen molar-refractivity contribution in [2.75, 3.05) is 13.1 Å². The van der Waals surface area contributed by atoms with Crippen molar-refractivity contribution in [2.24, 2.45) is 0 Å². The van der Waals surface area contributed by atoms with Crippen molar-refractivity contribution in [1.29, 1.82) is 0 Å². The molecule has 0 saturated carbocycles. The minimum atomic E-state index is 0.365. The number of hydrogen-bond acceptors (Lipinski definition) is 6. The van der Waals surface area contributed by atoms with E-state index in [9.17, 15) is 0 Å². The van der Waals surface area contributed by atoms with E-state index in [0.29, 0.717) is 12.7 Å². The van der Waals surface area contributed by atoms with Gasteiger partial charge in [0.25, 0.3) is 0 Å². The molecule has 2 aromatic rings. The van der Waals surface area contributed by atoms with Gasteiger partial charge in [-0.3, -0.25) is 0 Å². The molecule has 0 aliphatic carbocycles. The van der Waals surface area contributed by atoms with Crippen molar-refractivity contribution < 1.29 is 4.74 Å². The highest BCUT2D eigenvalue weighted by Gasteiger charge is 2.14. The third kappa shape index (κ3) is 2.59. The molecule has 5 nitrogen and oxygen atoms in total. The van der Waals surface area contributed by atoms with Crippen molar-refractivity contribution in [2.45, 2.75) is 25.6 Å². The van der Waals surface area contributed by atoms with Gasteiger partial charge < -0.3 is 10.1 Å². The fourth-order valence-corrected chi connectivity index (χ4v) is 2.72. The van der Waals surface area contributed by atoms with Gasteiger partial charge in [0.1, 0.15) is 5.01 Å². The van der Waals surface area contributed by atoms with E-state index in [-0.39, 0.29) is 0 Å². The Morgan fingerprint density at radius 3 is 2.94 bits per heavy atom. The molecule has 6 heteroatoms. The van der Waals surface area contributed by atoms with Crippen LogP contribution in [0.15, 0.2) is 12.4 Å². The van der Waals surface area contributed by atoms with Gasteiger partial charge in [-0.2, -0.15) is 0 Å². The second-order valence-electron chi connectivity index (χ2n) is 4.05. The first-order valence-electron chi connectivity index (χ1n) is 5.80. The van der Waals surface area contributed by atoms with Crippen molar-refractivity contribution in [1.82, 2.24) is 20.3 Å². The van der Waals surface area contributed by atoms with E-state index in [1.165, 1.54) is 0 Å². The summed E-state index contributed by atoms with van der Waals surface area (Å²) in [5.41, 5.74) is 0.724. The molecule has 0 unspecified atom stereocenters. The van der Waals surface area contributed by atoms with Gasteiger partial charge in [0.05, 0.1) is 12.7 Å². The molecule has 3 heterocycles. The van der Waals surface area contributed by atoms with E-state index in [0.717, 1.165) is 41.4 Å².